The lowest BCUT2D eigenvalue weighted by molar-refractivity contribution is -0.118. The number of halogens is 1. The molecule has 0 saturated carbocycles. The van der Waals surface area contributed by atoms with Crippen LogP contribution >= 0.6 is 11.6 Å². The van der Waals surface area contributed by atoms with Crippen LogP contribution in [0.15, 0.2) is 60.8 Å². The van der Waals surface area contributed by atoms with Crippen molar-refractivity contribution in [1.29, 1.82) is 0 Å². The lowest BCUT2D eigenvalue weighted by atomic mass is 10.2. The predicted molar refractivity (Wildman–Crippen MR) is 118 cm³/mol. The Balaban J connectivity index is 1.57. The molecule has 156 valence electrons. The Labute approximate surface area is 181 Å². The number of aromatic nitrogens is 1. The largest absolute Gasteiger partial charge is 0.493 e. The molecule has 0 atom stereocenters. The Hall–Kier alpha value is -3.09. The standard InChI is InChI=1S/C23H24ClN3O3/c1-16-6-8-18(9-7-16)27-22(28)15-30-23-20(24)11-17(12-21(23)29-2)13-25-14-19-5-3-4-10-26-19/h3-12,25H,13-15H2,1-2H3,(H,27,28). The number of carbonyl (C=O) groups excluding carboxylic acids is 1. The molecule has 0 spiro atoms. The van der Waals surface area contributed by atoms with E-state index in [4.69, 9.17) is 21.1 Å². The molecule has 0 bridgehead atoms. The van der Waals surface area contributed by atoms with Gasteiger partial charge in [0, 0.05) is 25.0 Å². The van der Waals surface area contributed by atoms with Crippen LogP contribution in [0.25, 0.3) is 0 Å². The summed E-state index contributed by atoms with van der Waals surface area (Å²) in [7, 11) is 1.54. The van der Waals surface area contributed by atoms with E-state index in [1.165, 1.54) is 7.11 Å². The minimum Gasteiger partial charge on any atom is -0.493 e. The van der Waals surface area contributed by atoms with E-state index in [0.717, 1.165) is 16.8 Å². The maximum absolute atomic E-state index is 12.2. The first-order valence-corrected chi connectivity index (χ1v) is 9.89. The van der Waals surface area contributed by atoms with Crippen molar-refractivity contribution in [3.63, 3.8) is 0 Å². The number of benzene rings is 2. The predicted octanol–water partition coefficient (Wildman–Crippen LogP) is 4.36. The van der Waals surface area contributed by atoms with Crippen LogP contribution in [-0.2, 0) is 17.9 Å². The normalized spacial score (nSPS) is 10.5. The van der Waals surface area contributed by atoms with Gasteiger partial charge in [-0.3, -0.25) is 9.78 Å². The van der Waals surface area contributed by atoms with Crippen LogP contribution in [0.4, 0.5) is 5.69 Å². The summed E-state index contributed by atoms with van der Waals surface area (Å²) in [5.41, 5.74) is 3.72. The molecule has 0 unspecified atom stereocenters. The van der Waals surface area contributed by atoms with Gasteiger partial charge in [-0.05, 0) is 48.9 Å². The Morgan fingerprint density at radius 2 is 1.90 bits per heavy atom. The van der Waals surface area contributed by atoms with Gasteiger partial charge in [0.25, 0.3) is 5.91 Å². The van der Waals surface area contributed by atoms with Gasteiger partial charge in [0.05, 0.1) is 17.8 Å². The van der Waals surface area contributed by atoms with Crippen LogP contribution in [-0.4, -0.2) is 24.6 Å². The fourth-order valence-corrected chi connectivity index (χ4v) is 3.11. The number of aryl methyl sites for hydroxylation is 1. The van der Waals surface area contributed by atoms with Crippen molar-refractivity contribution in [2.45, 2.75) is 20.0 Å². The fourth-order valence-electron chi connectivity index (χ4n) is 2.82. The zero-order valence-corrected chi connectivity index (χ0v) is 17.7. The summed E-state index contributed by atoms with van der Waals surface area (Å²) >= 11 is 6.39. The number of amides is 1. The van der Waals surface area contributed by atoms with Crippen LogP contribution in [0, 0.1) is 6.92 Å². The molecular formula is C23H24ClN3O3. The van der Waals surface area contributed by atoms with Gasteiger partial charge < -0.3 is 20.1 Å². The van der Waals surface area contributed by atoms with E-state index in [1.807, 2.05) is 55.5 Å². The summed E-state index contributed by atoms with van der Waals surface area (Å²) in [6.45, 7) is 3.03. The Kier molecular flexibility index (Phi) is 7.65. The molecule has 7 heteroatoms. The number of rotatable bonds is 9. The van der Waals surface area contributed by atoms with E-state index >= 15 is 0 Å². The molecular weight excluding hydrogens is 402 g/mol. The molecule has 6 nitrogen and oxygen atoms in total. The first-order valence-electron chi connectivity index (χ1n) is 9.51. The Morgan fingerprint density at radius 1 is 1.10 bits per heavy atom. The van der Waals surface area contributed by atoms with Crippen molar-refractivity contribution in [2.24, 2.45) is 0 Å². The highest BCUT2D eigenvalue weighted by Crippen LogP contribution is 2.36. The number of pyridine rings is 1. The number of nitrogens with zero attached hydrogens (tertiary/aromatic N) is 1. The Morgan fingerprint density at radius 3 is 2.60 bits per heavy atom. The minimum absolute atomic E-state index is 0.179. The molecule has 0 aliphatic heterocycles. The van der Waals surface area contributed by atoms with Crippen LogP contribution in [0.5, 0.6) is 11.5 Å². The Bertz CT molecular complexity index is 979. The van der Waals surface area contributed by atoms with Gasteiger partial charge >= 0.3 is 0 Å². The molecule has 0 saturated heterocycles. The van der Waals surface area contributed by atoms with Crippen molar-refractivity contribution < 1.29 is 14.3 Å². The second-order valence-corrected chi connectivity index (χ2v) is 7.14. The first-order chi connectivity index (χ1) is 14.5. The smallest absolute Gasteiger partial charge is 0.262 e. The second-order valence-electron chi connectivity index (χ2n) is 6.74. The van der Waals surface area contributed by atoms with Gasteiger partial charge in [-0.25, -0.2) is 0 Å². The summed E-state index contributed by atoms with van der Waals surface area (Å²) in [4.78, 5) is 16.5. The molecule has 3 aromatic rings. The average molecular weight is 426 g/mol. The van der Waals surface area contributed by atoms with Gasteiger partial charge in [-0.1, -0.05) is 35.4 Å². The number of hydrogen-bond acceptors (Lipinski definition) is 5. The van der Waals surface area contributed by atoms with E-state index in [-0.39, 0.29) is 12.5 Å². The average Bonchev–Trinajstić information content (AvgIpc) is 2.75. The number of carbonyl (C=O) groups is 1. The molecule has 2 aromatic carbocycles. The SMILES string of the molecule is COc1cc(CNCc2ccccn2)cc(Cl)c1OCC(=O)Nc1ccc(C)cc1. The van der Waals surface area contributed by atoms with Crippen LogP contribution in [0.3, 0.4) is 0 Å². The van der Waals surface area contributed by atoms with Crippen LogP contribution in [0.1, 0.15) is 16.8 Å². The van der Waals surface area contributed by atoms with Crippen molar-refractivity contribution in [1.82, 2.24) is 10.3 Å². The second kappa shape index (κ2) is 10.6. The molecule has 0 radical (unpaired) electrons. The number of anilines is 1. The summed E-state index contributed by atoms with van der Waals surface area (Å²) in [5.74, 6) is 0.532. The van der Waals surface area contributed by atoms with Gasteiger partial charge in [0.15, 0.2) is 18.1 Å². The van der Waals surface area contributed by atoms with Crippen molar-refractivity contribution in [3.05, 3.63) is 82.6 Å². The molecule has 3 rings (SSSR count). The molecule has 0 aliphatic rings. The maximum atomic E-state index is 12.2. The zero-order chi connectivity index (χ0) is 21.3. The number of hydrogen-bond donors (Lipinski definition) is 2. The highest BCUT2D eigenvalue weighted by atomic mass is 35.5. The van der Waals surface area contributed by atoms with Gasteiger partial charge in [-0.15, -0.1) is 0 Å². The molecule has 0 aliphatic carbocycles. The first kappa shape index (κ1) is 21.6. The summed E-state index contributed by atoms with van der Waals surface area (Å²) in [6, 6.07) is 17.0. The third-order valence-corrected chi connectivity index (χ3v) is 4.61. The third kappa shape index (κ3) is 6.20. The fraction of sp³-hybridized carbons (Fsp3) is 0.217. The quantitative estimate of drug-likeness (QED) is 0.533. The van der Waals surface area contributed by atoms with Crippen LogP contribution in [0.2, 0.25) is 5.02 Å². The van der Waals surface area contributed by atoms with E-state index < -0.39 is 0 Å². The highest BCUT2D eigenvalue weighted by Gasteiger charge is 2.14. The maximum Gasteiger partial charge on any atom is 0.262 e. The lowest BCUT2D eigenvalue weighted by Crippen LogP contribution is -2.20. The molecule has 0 fully saturated rings. The highest BCUT2D eigenvalue weighted by molar-refractivity contribution is 6.32. The van der Waals surface area contributed by atoms with E-state index in [9.17, 15) is 4.79 Å². The lowest BCUT2D eigenvalue weighted by Gasteiger charge is -2.14. The number of nitrogens with one attached hydrogen (secondary N) is 2. The number of methoxy groups -OCH3 is 1. The summed E-state index contributed by atoms with van der Waals surface area (Å²) in [6.07, 6.45) is 1.76. The summed E-state index contributed by atoms with van der Waals surface area (Å²) < 4.78 is 11.1. The molecule has 1 aromatic heterocycles. The van der Waals surface area contributed by atoms with Crippen LogP contribution < -0.4 is 20.1 Å². The van der Waals surface area contributed by atoms with Gasteiger partial charge in [-0.2, -0.15) is 0 Å². The topological polar surface area (TPSA) is 72.5 Å². The minimum atomic E-state index is -0.280. The molecule has 2 N–H and O–H groups in total. The monoisotopic (exact) mass is 425 g/mol. The van der Waals surface area contributed by atoms with Crippen molar-refractivity contribution >= 4 is 23.2 Å². The van der Waals surface area contributed by atoms with Crippen molar-refractivity contribution in [3.8, 4) is 11.5 Å². The van der Waals surface area contributed by atoms with Crippen molar-refractivity contribution in [2.75, 3.05) is 19.0 Å². The van der Waals surface area contributed by atoms with E-state index in [0.29, 0.717) is 35.3 Å². The molecule has 30 heavy (non-hydrogen) atoms. The number of ether oxygens (including phenoxy) is 2. The summed E-state index contributed by atoms with van der Waals surface area (Å²) in [5, 5.41) is 6.48. The van der Waals surface area contributed by atoms with Gasteiger partial charge in [0.2, 0.25) is 0 Å². The third-order valence-electron chi connectivity index (χ3n) is 4.33. The van der Waals surface area contributed by atoms with E-state index in [1.54, 1.807) is 12.3 Å². The molecule has 1 amide bonds. The van der Waals surface area contributed by atoms with E-state index in [2.05, 4.69) is 15.6 Å². The van der Waals surface area contributed by atoms with Gasteiger partial charge in [0.1, 0.15) is 0 Å². The molecule has 1 heterocycles. The zero-order valence-electron chi connectivity index (χ0n) is 16.9.